The van der Waals surface area contributed by atoms with E-state index in [-0.39, 0.29) is 30.0 Å². The summed E-state index contributed by atoms with van der Waals surface area (Å²) < 4.78 is 12.1. The quantitative estimate of drug-likeness (QED) is 0.329. The number of carbonyl (C=O) groups is 1. The number of thioether (sulfide) groups is 1. The largest absolute Gasteiger partial charge is 0.393 e. The lowest BCUT2D eigenvalue weighted by Crippen LogP contribution is -2.65. The number of nitrogens with one attached hydrogen (secondary N) is 1. The van der Waals surface area contributed by atoms with Gasteiger partial charge in [0.1, 0.15) is 35.9 Å². The van der Waals surface area contributed by atoms with Gasteiger partial charge in [-0.3, -0.25) is 9.69 Å². The Bertz CT molecular complexity index is 652. The summed E-state index contributed by atoms with van der Waals surface area (Å²) >= 11 is 1.26. The van der Waals surface area contributed by atoms with Gasteiger partial charge in [0.25, 0.3) is 0 Å². The maximum atomic E-state index is 13.5. The van der Waals surface area contributed by atoms with Gasteiger partial charge in [-0.1, -0.05) is 13.8 Å². The van der Waals surface area contributed by atoms with Gasteiger partial charge in [0.2, 0.25) is 5.91 Å². The lowest BCUT2D eigenvalue weighted by atomic mass is 9.86. The average molecular weight is 491 g/mol. The van der Waals surface area contributed by atoms with Crippen molar-refractivity contribution in [3.8, 4) is 0 Å². The first-order valence-corrected chi connectivity index (χ1v) is 13.4. The number of nitrogens with zero attached hydrogens (tertiary/aromatic N) is 1. The first kappa shape index (κ1) is 27.1. The molecule has 33 heavy (non-hydrogen) atoms. The standard InChI is InChI=1S/C23H42N2O7S/c1-11(2)15(21-18(28)17(27)19(29)23(32-21)33-5)24-22(30)16-20-14(10-25(16)4)9-13(6-7-31-20)8-12(3)26/h11-21,23,26-29H,6-10H2,1-5H3,(H,24,30)/t12?,13-,14-,15+,16-,17?,18?,19+,20+,21+,23?/m0/s1. The van der Waals surface area contributed by atoms with Crippen molar-refractivity contribution in [2.24, 2.45) is 17.8 Å². The van der Waals surface area contributed by atoms with Crippen LogP contribution >= 0.6 is 11.8 Å². The molecule has 11 atom stereocenters. The molecule has 0 aromatic carbocycles. The normalized spacial score (nSPS) is 41.9. The Morgan fingerprint density at radius 2 is 1.88 bits per heavy atom. The molecule has 3 heterocycles. The van der Waals surface area contributed by atoms with Gasteiger partial charge in [0.05, 0.1) is 18.2 Å². The van der Waals surface area contributed by atoms with E-state index in [2.05, 4.69) is 5.32 Å². The van der Waals surface area contributed by atoms with Crippen LogP contribution in [0.1, 0.15) is 40.0 Å². The Labute approximate surface area is 201 Å². The monoisotopic (exact) mass is 490 g/mol. The highest BCUT2D eigenvalue weighted by atomic mass is 32.2. The van der Waals surface area contributed by atoms with Crippen LogP contribution in [0.3, 0.4) is 0 Å². The summed E-state index contributed by atoms with van der Waals surface area (Å²) in [4.78, 5) is 15.5. The second kappa shape index (κ2) is 11.5. The van der Waals surface area contributed by atoms with Crippen molar-refractivity contribution < 1.29 is 34.7 Å². The highest BCUT2D eigenvalue weighted by molar-refractivity contribution is 7.99. The topological polar surface area (TPSA) is 132 Å². The number of likely N-dealkylation sites (N-methyl/N-ethyl adjacent to an activating group) is 1. The van der Waals surface area contributed by atoms with Gasteiger partial charge in [-0.05, 0) is 51.3 Å². The third-order valence-electron chi connectivity index (χ3n) is 7.41. The summed E-state index contributed by atoms with van der Waals surface area (Å²) in [5.74, 6) is 0.325. The van der Waals surface area contributed by atoms with Crippen LogP contribution in [0.5, 0.6) is 0 Å². The molecule has 0 bridgehead atoms. The lowest BCUT2D eigenvalue weighted by molar-refractivity contribution is -0.208. The molecule has 9 nitrogen and oxygen atoms in total. The third kappa shape index (κ3) is 6.03. The zero-order chi connectivity index (χ0) is 24.4. The van der Waals surface area contributed by atoms with Crippen LogP contribution in [-0.4, -0.2) is 112 Å². The van der Waals surface area contributed by atoms with Gasteiger partial charge in [-0.2, -0.15) is 0 Å². The van der Waals surface area contributed by atoms with Crippen LogP contribution in [0.4, 0.5) is 0 Å². The van der Waals surface area contributed by atoms with Crippen molar-refractivity contribution in [1.29, 1.82) is 0 Å². The van der Waals surface area contributed by atoms with E-state index in [1.165, 1.54) is 11.8 Å². The van der Waals surface area contributed by atoms with E-state index in [1.54, 1.807) is 6.26 Å². The van der Waals surface area contributed by atoms with E-state index in [0.717, 1.165) is 25.8 Å². The first-order chi connectivity index (χ1) is 15.5. The SMILES string of the molecule is CSC1O[C@H]([C@H](NC(=O)[C@@H]2[C@@H]3OCC[C@@H](CC(C)O)C[C@H]3CN2C)C(C)C)C(O)C(O)[C@H]1O. The molecule has 3 fully saturated rings. The fourth-order valence-electron chi connectivity index (χ4n) is 5.74. The summed E-state index contributed by atoms with van der Waals surface area (Å²) in [6.45, 7) is 6.97. The summed E-state index contributed by atoms with van der Waals surface area (Å²) in [6, 6.07) is -1.01. The predicted molar refractivity (Wildman–Crippen MR) is 126 cm³/mol. The number of aliphatic hydroxyl groups excluding tert-OH is 4. The summed E-state index contributed by atoms with van der Waals surface area (Å²) in [6.07, 6.45) is -1.00. The van der Waals surface area contributed by atoms with E-state index in [9.17, 15) is 25.2 Å². The third-order valence-corrected chi connectivity index (χ3v) is 8.26. The van der Waals surface area contributed by atoms with Crippen molar-refractivity contribution in [2.75, 3.05) is 26.5 Å². The van der Waals surface area contributed by atoms with Crippen LogP contribution < -0.4 is 5.32 Å². The van der Waals surface area contributed by atoms with E-state index in [1.807, 2.05) is 32.7 Å². The molecule has 10 heteroatoms. The molecular weight excluding hydrogens is 448 g/mol. The molecule has 4 unspecified atom stereocenters. The van der Waals surface area contributed by atoms with Crippen molar-refractivity contribution in [1.82, 2.24) is 10.2 Å². The smallest absolute Gasteiger partial charge is 0.240 e. The van der Waals surface area contributed by atoms with Crippen molar-refractivity contribution >= 4 is 17.7 Å². The summed E-state index contributed by atoms with van der Waals surface area (Å²) in [5.41, 5.74) is -0.693. The number of fused-ring (bicyclic) bond motifs is 1. The van der Waals surface area contributed by atoms with Gasteiger partial charge in [0.15, 0.2) is 0 Å². The highest BCUT2D eigenvalue weighted by Gasteiger charge is 2.50. The van der Waals surface area contributed by atoms with E-state index < -0.39 is 41.9 Å². The Hall–Kier alpha value is -0.460. The fourth-order valence-corrected chi connectivity index (χ4v) is 6.42. The molecule has 0 spiro atoms. The molecule has 0 aromatic rings. The molecular formula is C23H42N2O7S. The van der Waals surface area contributed by atoms with Gasteiger partial charge < -0.3 is 35.2 Å². The predicted octanol–water partition coefficient (Wildman–Crippen LogP) is -0.206. The number of amides is 1. The summed E-state index contributed by atoms with van der Waals surface area (Å²) in [5, 5.41) is 44.1. The van der Waals surface area contributed by atoms with Crippen LogP contribution in [0.2, 0.25) is 0 Å². The second-order valence-electron chi connectivity index (χ2n) is 10.4. The molecule has 0 aromatic heterocycles. The minimum atomic E-state index is -1.35. The van der Waals surface area contributed by atoms with Gasteiger partial charge in [-0.15, -0.1) is 11.8 Å². The van der Waals surface area contributed by atoms with Crippen LogP contribution in [0.15, 0.2) is 0 Å². The van der Waals surface area contributed by atoms with Crippen LogP contribution in [0.25, 0.3) is 0 Å². The number of aliphatic hydroxyl groups is 4. The molecule has 0 saturated carbocycles. The molecule has 5 N–H and O–H groups in total. The number of likely N-dealkylation sites (tertiary alicyclic amines) is 1. The maximum absolute atomic E-state index is 13.5. The highest BCUT2D eigenvalue weighted by Crippen LogP contribution is 2.36. The van der Waals surface area contributed by atoms with Gasteiger partial charge >= 0.3 is 0 Å². The molecule has 0 radical (unpaired) electrons. The fraction of sp³-hybridized carbons (Fsp3) is 0.957. The number of hydrogen-bond acceptors (Lipinski definition) is 9. The van der Waals surface area contributed by atoms with Crippen LogP contribution in [-0.2, 0) is 14.3 Å². The lowest BCUT2D eigenvalue weighted by Gasteiger charge is -2.44. The molecule has 1 amide bonds. The molecule has 192 valence electrons. The number of carbonyl (C=O) groups excluding carboxylic acids is 1. The molecule has 0 aliphatic carbocycles. The van der Waals surface area contributed by atoms with Gasteiger partial charge in [-0.25, -0.2) is 0 Å². The Morgan fingerprint density at radius 1 is 1.18 bits per heavy atom. The number of hydrogen-bond donors (Lipinski definition) is 5. The number of rotatable bonds is 7. The van der Waals surface area contributed by atoms with Crippen LogP contribution in [0, 0.1) is 17.8 Å². The maximum Gasteiger partial charge on any atom is 0.240 e. The average Bonchev–Trinajstić information content (AvgIpc) is 2.92. The van der Waals surface area contributed by atoms with E-state index in [4.69, 9.17) is 9.47 Å². The Kier molecular flexibility index (Phi) is 9.47. The van der Waals surface area contributed by atoms with Crippen molar-refractivity contribution in [3.05, 3.63) is 0 Å². The number of ether oxygens (including phenoxy) is 2. The molecule has 3 saturated heterocycles. The molecule has 3 rings (SSSR count). The first-order valence-electron chi connectivity index (χ1n) is 12.1. The van der Waals surface area contributed by atoms with Crippen molar-refractivity contribution in [2.45, 2.75) is 94.2 Å². The summed E-state index contributed by atoms with van der Waals surface area (Å²) in [7, 11) is 1.92. The second-order valence-corrected chi connectivity index (χ2v) is 11.3. The molecule has 3 aliphatic heterocycles. The van der Waals surface area contributed by atoms with E-state index >= 15 is 0 Å². The van der Waals surface area contributed by atoms with Crippen molar-refractivity contribution in [3.63, 3.8) is 0 Å². The Morgan fingerprint density at radius 3 is 2.48 bits per heavy atom. The zero-order valence-corrected chi connectivity index (χ0v) is 21.1. The minimum Gasteiger partial charge on any atom is -0.393 e. The van der Waals surface area contributed by atoms with Gasteiger partial charge in [0, 0.05) is 19.1 Å². The molecule has 3 aliphatic rings. The minimum absolute atomic E-state index is 0.0773. The zero-order valence-electron chi connectivity index (χ0n) is 20.3. The Balaban J connectivity index is 1.72. The van der Waals surface area contributed by atoms with E-state index in [0.29, 0.717) is 12.5 Å².